The average molecular weight is 186 g/mol. The maximum atomic E-state index is 5.65. The highest BCUT2D eigenvalue weighted by molar-refractivity contribution is 5.37. The Morgan fingerprint density at radius 2 is 2.07 bits per heavy atom. The van der Waals surface area contributed by atoms with Crippen molar-refractivity contribution in [2.24, 2.45) is 5.73 Å². The van der Waals surface area contributed by atoms with E-state index >= 15 is 0 Å². The smallest absolute Gasteiger partial charge is 0.0455 e. The van der Waals surface area contributed by atoms with Crippen LogP contribution in [0, 0.1) is 6.92 Å². The van der Waals surface area contributed by atoms with Gasteiger partial charge in [0.2, 0.25) is 0 Å². The van der Waals surface area contributed by atoms with Gasteiger partial charge in [0.05, 0.1) is 0 Å². The van der Waals surface area contributed by atoms with Crippen LogP contribution in [0.25, 0.3) is 5.69 Å². The van der Waals surface area contributed by atoms with Crippen LogP contribution < -0.4 is 5.73 Å². The first kappa shape index (κ1) is 9.03. The Bertz CT molecular complexity index is 429. The van der Waals surface area contributed by atoms with Gasteiger partial charge in [-0.15, -0.1) is 0 Å². The van der Waals surface area contributed by atoms with Gasteiger partial charge in [-0.25, -0.2) is 0 Å². The van der Waals surface area contributed by atoms with Crippen molar-refractivity contribution < 1.29 is 0 Å². The Morgan fingerprint density at radius 3 is 2.79 bits per heavy atom. The van der Waals surface area contributed by atoms with Crippen LogP contribution in [0.2, 0.25) is 0 Å². The summed E-state index contributed by atoms with van der Waals surface area (Å²) in [5.74, 6) is 0. The molecule has 2 nitrogen and oxygen atoms in total. The normalized spacial score (nSPS) is 10.4. The molecule has 0 aliphatic rings. The molecule has 72 valence electrons. The summed E-state index contributed by atoms with van der Waals surface area (Å²) in [6.07, 6.45) is 2.04. The Morgan fingerprint density at radius 1 is 1.21 bits per heavy atom. The zero-order valence-electron chi connectivity index (χ0n) is 8.27. The lowest BCUT2D eigenvalue weighted by Gasteiger charge is -2.08. The molecule has 0 aliphatic heterocycles. The summed E-state index contributed by atoms with van der Waals surface area (Å²) in [5, 5.41) is 0. The molecule has 0 radical (unpaired) electrons. The molecule has 1 heterocycles. The molecule has 1 aromatic carbocycles. The lowest BCUT2D eigenvalue weighted by Crippen LogP contribution is -2.04. The molecule has 0 fully saturated rings. The second-order valence-electron chi connectivity index (χ2n) is 3.41. The first-order valence-electron chi connectivity index (χ1n) is 4.74. The molecule has 0 amide bonds. The molecule has 0 saturated heterocycles. The molecule has 2 aromatic rings. The SMILES string of the molecule is Cc1cccc(-n2cccc2CN)c1. The maximum absolute atomic E-state index is 5.65. The van der Waals surface area contributed by atoms with E-state index in [4.69, 9.17) is 5.73 Å². The van der Waals surface area contributed by atoms with E-state index in [1.807, 2.05) is 18.3 Å². The van der Waals surface area contributed by atoms with Crippen LogP contribution in [0.5, 0.6) is 0 Å². The fourth-order valence-electron chi connectivity index (χ4n) is 1.61. The molecule has 0 spiro atoms. The molecule has 0 atom stereocenters. The van der Waals surface area contributed by atoms with Crippen molar-refractivity contribution in [1.29, 1.82) is 0 Å². The van der Waals surface area contributed by atoms with E-state index in [0.29, 0.717) is 6.54 Å². The van der Waals surface area contributed by atoms with Crippen molar-refractivity contribution in [2.75, 3.05) is 0 Å². The third kappa shape index (κ3) is 1.56. The summed E-state index contributed by atoms with van der Waals surface area (Å²) in [6.45, 7) is 2.66. The zero-order valence-corrected chi connectivity index (χ0v) is 8.27. The van der Waals surface area contributed by atoms with E-state index in [-0.39, 0.29) is 0 Å². The van der Waals surface area contributed by atoms with Gasteiger partial charge in [0, 0.05) is 24.1 Å². The van der Waals surface area contributed by atoms with Crippen LogP contribution in [-0.4, -0.2) is 4.57 Å². The molecule has 0 saturated carbocycles. The van der Waals surface area contributed by atoms with Crippen molar-refractivity contribution in [2.45, 2.75) is 13.5 Å². The van der Waals surface area contributed by atoms with Gasteiger partial charge in [-0.05, 0) is 36.8 Å². The zero-order chi connectivity index (χ0) is 9.97. The summed E-state index contributed by atoms with van der Waals surface area (Å²) in [4.78, 5) is 0. The molecule has 2 heteroatoms. The predicted molar refractivity (Wildman–Crippen MR) is 58.4 cm³/mol. The van der Waals surface area contributed by atoms with Crippen molar-refractivity contribution in [3.63, 3.8) is 0 Å². The summed E-state index contributed by atoms with van der Waals surface area (Å²) in [5.41, 5.74) is 9.22. The highest BCUT2D eigenvalue weighted by Gasteiger charge is 2.00. The minimum Gasteiger partial charge on any atom is -0.325 e. The van der Waals surface area contributed by atoms with Gasteiger partial charge in [-0.3, -0.25) is 0 Å². The molecular weight excluding hydrogens is 172 g/mol. The number of hydrogen-bond donors (Lipinski definition) is 1. The monoisotopic (exact) mass is 186 g/mol. The second kappa shape index (κ2) is 3.68. The second-order valence-corrected chi connectivity index (χ2v) is 3.41. The van der Waals surface area contributed by atoms with Crippen LogP contribution in [0.15, 0.2) is 42.6 Å². The number of benzene rings is 1. The van der Waals surface area contributed by atoms with Gasteiger partial charge >= 0.3 is 0 Å². The Kier molecular flexibility index (Phi) is 2.37. The molecule has 1 aromatic heterocycles. The maximum Gasteiger partial charge on any atom is 0.0455 e. The van der Waals surface area contributed by atoms with E-state index in [1.54, 1.807) is 0 Å². The quantitative estimate of drug-likeness (QED) is 0.766. The highest BCUT2D eigenvalue weighted by atomic mass is 15.0. The van der Waals surface area contributed by atoms with Crippen LogP contribution >= 0.6 is 0 Å². The van der Waals surface area contributed by atoms with Gasteiger partial charge in [-0.1, -0.05) is 12.1 Å². The number of nitrogens with zero attached hydrogens (tertiary/aromatic N) is 1. The minimum absolute atomic E-state index is 0.570. The molecule has 2 rings (SSSR count). The van der Waals surface area contributed by atoms with Gasteiger partial charge in [0.15, 0.2) is 0 Å². The summed E-state index contributed by atoms with van der Waals surface area (Å²) < 4.78 is 2.12. The third-order valence-electron chi connectivity index (χ3n) is 2.32. The van der Waals surface area contributed by atoms with Crippen LogP contribution in [0.1, 0.15) is 11.3 Å². The van der Waals surface area contributed by atoms with E-state index in [2.05, 4.69) is 35.8 Å². The Hall–Kier alpha value is -1.54. The number of nitrogens with two attached hydrogens (primary N) is 1. The van der Waals surface area contributed by atoms with Crippen LogP contribution in [0.4, 0.5) is 0 Å². The van der Waals surface area contributed by atoms with E-state index < -0.39 is 0 Å². The molecule has 14 heavy (non-hydrogen) atoms. The molecular formula is C12H14N2. The summed E-state index contributed by atoms with van der Waals surface area (Å²) >= 11 is 0. The van der Waals surface area contributed by atoms with Gasteiger partial charge in [0.1, 0.15) is 0 Å². The first-order chi connectivity index (χ1) is 6.81. The number of aromatic nitrogens is 1. The lowest BCUT2D eigenvalue weighted by molar-refractivity contribution is 0.911. The van der Waals surface area contributed by atoms with Crippen molar-refractivity contribution in [3.05, 3.63) is 53.9 Å². The highest BCUT2D eigenvalue weighted by Crippen LogP contribution is 2.13. The summed E-state index contributed by atoms with van der Waals surface area (Å²) in [7, 11) is 0. The standard InChI is InChI=1S/C12H14N2/c1-10-4-2-5-11(8-10)14-7-3-6-12(14)9-13/h2-8H,9,13H2,1H3. The number of rotatable bonds is 2. The lowest BCUT2D eigenvalue weighted by atomic mass is 10.2. The fourth-order valence-corrected chi connectivity index (χ4v) is 1.61. The molecule has 2 N–H and O–H groups in total. The minimum atomic E-state index is 0.570. The van der Waals surface area contributed by atoms with E-state index in [1.165, 1.54) is 11.3 Å². The van der Waals surface area contributed by atoms with Gasteiger partial charge in [0.25, 0.3) is 0 Å². The third-order valence-corrected chi connectivity index (χ3v) is 2.32. The predicted octanol–water partition coefficient (Wildman–Crippen LogP) is 2.24. The summed E-state index contributed by atoms with van der Waals surface area (Å²) in [6, 6.07) is 12.5. The van der Waals surface area contributed by atoms with Crippen molar-refractivity contribution >= 4 is 0 Å². The molecule has 0 aliphatic carbocycles. The number of hydrogen-bond acceptors (Lipinski definition) is 1. The number of aryl methyl sites for hydroxylation is 1. The first-order valence-corrected chi connectivity index (χ1v) is 4.74. The largest absolute Gasteiger partial charge is 0.325 e. The van der Waals surface area contributed by atoms with Crippen LogP contribution in [-0.2, 0) is 6.54 Å². The fraction of sp³-hybridized carbons (Fsp3) is 0.167. The Labute approximate surface area is 84.0 Å². The van der Waals surface area contributed by atoms with E-state index in [9.17, 15) is 0 Å². The van der Waals surface area contributed by atoms with Crippen molar-refractivity contribution in [1.82, 2.24) is 4.57 Å². The Balaban J connectivity index is 2.49. The van der Waals surface area contributed by atoms with Crippen LogP contribution in [0.3, 0.4) is 0 Å². The van der Waals surface area contributed by atoms with E-state index in [0.717, 1.165) is 5.69 Å². The van der Waals surface area contributed by atoms with Crippen molar-refractivity contribution in [3.8, 4) is 5.69 Å². The topological polar surface area (TPSA) is 30.9 Å². The van der Waals surface area contributed by atoms with Gasteiger partial charge < -0.3 is 10.3 Å². The molecule has 0 bridgehead atoms. The van der Waals surface area contributed by atoms with Gasteiger partial charge in [-0.2, -0.15) is 0 Å². The molecule has 0 unspecified atom stereocenters. The average Bonchev–Trinajstić information content (AvgIpc) is 2.65.